The van der Waals surface area contributed by atoms with E-state index in [1.54, 1.807) is 0 Å². The lowest BCUT2D eigenvalue weighted by Gasteiger charge is -2.19. The Morgan fingerprint density at radius 2 is 2.00 bits per heavy atom. The van der Waals surface area contributed by atoms with Crippen LogP contribution in [-0.2, 0) is 0 Å². The molecule has 0 aliphatic rings. The Kier molecular flexibility index (Phi) is 3.43. The van der Waals surface area contributed by atoms with Crippen LogP contribution in [0.15, 0.2) is 30.3 Å². The van der Waals surface area contributed by atoms with Crippen LogP contribution >= 0.6 is 0 Å². The number of aliphatic hydroxyl groups is 1. The molecule has 0 amide bonds. The Morgan fingerprint density at radius 3 is 2.71 bits per heavy atom. The SMILES string of the molecule is CCC(O)C(C)c1nc2ccccc2cc1C. The first-order valence-corrected chi connectivity index (χ1v) is 6.17. The fourth-order valence-corrected chi connectivity index (χ4v) is 2.23. The second-order valence-electron chi connectivity index (χ2n) is 4.65. The maximum Gasteiger partial charge on any atom is 0.0705 e. The second-order valence-corrected chi connectivity index (χ2v) is 4.65. The number of para-hydroxylation sites is 1. The van der Waals surface area contributed by atoms with E-state index >= 15 is 0 Å². The second kappa shape index (κ2) is 4.84. The van der Waals surface area contributed by atoms with Gasteiger partial charge in [0.15, 0.2) is 0 Å². The molecular formula is C15H19NO. The molecule has 2 rings (SSSR count). The van der Waals surface area contributed by atoms with Crippen LogP contribution in [0.2, 0.25) is 0 Å². The van der Waals surface area contributed by atoms with Gasteiger partial charge in [0.05, 0.1) is 11.6 Å². The van der Waals surface area contributed by atoms with Crippen LogP contribution in [0.1, 0.15) is 37.4 Å². The van der Waals surface area contributed by atoms with Crippen molar-refractivity contribution in [3.05, 3.63) is 41.6 Å². The third-order valence-electron chi connectivity index (χ3n) is 3.38. The third-order valence-corrected chi connectivity index (χ3v) is 3.38. The van der Waals surface area contributed by atoms with Gasteiger partial charge in [0.1, 0.15) is 0 Å². The number of rotatable bonds is 3. The van der Waals surface area contributed by atoms with Crippen molar-refractivity contribution in [3.8, 4) is 0 Å². The molecule has 17 heavy (non-hydrogen) atoms. The van der Waals surface area contributed by atoms with Crippen molar-refractivity contribution in [1.82, 2.24) is 4.98 Å². The van der Waals surface area contributed by atoms with Crippen molar-refractivity contribution < 1.29 is 5.11 Å². The maximum atomic E-state index is 9.94. The topological polar surface area (TPSA) is 33.1 Å². The molecule has 2 aromatic rings. The van der Waals surface area contributed by atoms with Gasteiger partial charge < -0.3 is 5.11 Å². The summed E-state index contributed by atoms with van der Waals surface area (Å²) in [4.78, 5) is 4.68. The third kappa shape index (κ3) is 2.32. The maximum absolute atomic E-state index is 9.94. The van der Waals surface area contributed by atoms with Gasteiger partial charge in [-0.1, -0.05) is 32.0 Å². The summed E-state index contributed by atoms with van der Waals surface area (Å²) in [6.45, 7) is 6.10. The van der Waals surface area contributed by atoms with Crippen molar-refractivity contribution in [2.24, 2.45) is 0 Å². The molecule has 1 heterocycles. The predicted octanol–water partition coefficient (Wildman–Crippen LogP) is 3.42. The molecule has 2 nitrogen and oxygen atoms in total. The molecule has 90 valence electrons. The van der Waals surface area contributed by atoms with Crippen LogP contribution in [0.4, 0.5) is 0 Å². The van der Waals surface area contributed by atoms with Crippen molar-refractivity contribution >= 4 is 10.9 Å². The first-order valence-electron chi connectivity index (χ1n) is 6.17. The van der Waals surface area contributed by atoms with Crippen LogP contribution in [0.5, 0.6) is 0 Å². The zero-order valence-corrected chi connectivity index (χ0v) is 10.6. The Bertz CT molecular complexity index is 521. The largest absolute Gasteiger partial charge is 0.392 e. The summed E-state index contributed by atoms with van der Waals surface area (Å²) < 4.78 is 0. The molecule has 0 aliphatic heterocycles. The number of hydrogen-bond donors (Lipinski definition) is 1. The van der Waals surface area contributed by atoms with Crippen LogP contribution in [0.3, 0.4) is 0 Å². The number of aromatic nitrogens is 1. The van der Waals surface area contributed by atoms with Crippen molar-refractivity contribution in [2.45, 2.75) is 39.2 Å². The highest BCUT2D eigenvalue weighted by molar-refractivity contribution is 5.79. The molecule has 2 unspecified atom stereocenters. The number of pyridine rings is 1. The van der Waals surface area contributed by atoms with E-state index in [1.165, 1.54) is 0 Å². The molecule has 1 aromatic heterocycles. The van der Waals surface area contributed by atoms with Gasteiger partial charge in [-0.25, -0.2) is 0 Å². The number of aryl methyl sites for hydroxylation is 1. The quantitative estimate of drug-likeness (QED) is 0.874. The minimum atomic E-state index is -0.317. The van der Waals surface area contributed by atoms with E-state index in [4.69, 9.17) is 0 Å². The van der Waals surface area contributed by atoms with E-state index in [-0.39, 0.29) is 12.0 Å². The molecular weight excluding hydrogens is 210 g/mol. The molecule has 2 heteroatoms. The zero-order valence-electron chi connectivity index (χ0n) is 10.6. The molecule has 0 saturated carbocycles. The van der Waals surface area contributed by atoms with E-state index in [0.717, 1.165) is 28.6 Å². The summed E-state index contributed by atoms with van der Waals surface area (Å²) in [5, 5.41) is 11.1. The molecule has 0 fully saturated rings. The molecule has 0 bridgehead atoms. The highest BCUT2D eigenvalue weighted by atomic mass is 16.3. The van der Waals surface area contributed by atoms with Crippen molar-refractivity contribution in [3.63, 3.8) is 0 Å². The molecule has 0 saturated heterocycles. The lowest BCUT2D eigenvalue weighted by atomic mass is 9.94. The minimum absolute atomic E-state index is 0.0876. The first-order chi connectivity index (χ1) is 8.13. The zero-order chi connectivity index (χ0) is 12.4. The number of nitrogens with zero attached hydrogens (tertiary/aromatic N) is 1. The van der Waals surface area contributed by atoms with Gasteiger partial charge in [-0.05, 0) is 31.0 Å². The van der Waals surface area contributed by atoms with E-state index in [0.29, 0.717) is 0 Å². The monoisotopic (exact) mass is 229 g/mol. The summed E-state index contributed by atoms with van der Waals surface area (Å²) in [6, 6.07) is 10.3. The van der Waals surface area contributed by atoms with Gasteiger partial charge in [0, 0.05) is 17.0 Å². The average Bonchev–Trinajstić information content (AvgIpc) is 2.36. The summed E-state index contributed by atoms with van der Waals surface area (Å²) in [5.74, 6) is 0.0876. The molecule has 0 aliphatic carbocycles. The van der Waals surface area contributed by atoms with Crippen molar-refractivity contribution in [1.29, 1.82) is 0 Å². The molecule has 1 aromatic carbocycles. The van der Waals surface area contributed by atoms with Gasteiger partial charge in [0.2, 0.25) is 0 Å². The van der Waals surface area contributed by atoms with E-state index < -0.39 is 0 Å². The molecule has 2 atom stereocenters. The van der Waals surface area contributed by atoms with E-state index in [9.17, 15) is 5.11 Å². The summed E-state index contributed by atoms with van der Waals surface area (Å²) in [6.07, 6.45) is 0.442. The smallest absolute Gasteiger partial charge is 0.0705 e. The lowest BCUT2D eigenvalue weighted by Crippen LogP contribution is -2.16. The number of hydrogen-bond acceptors (Lipinski definition) is 2. The van der Waals surface area contributed by atoms with Gasteiger partial charge >= 0.3 is 0 Å². The Hall–Kier alpha value is -1.41. The summed E-state index contributed by atoms with van der Waals surface area (Å²) in [5.41, 5.74) is 3.17. The Labute approximate surface area is 102 Å². The number of fused-ring (bicyclic) bond motifs is 1. The minimum Gasteiger partial charge on any atom is -0.392 e. The normalized spacial score (nSPS) is 14.8. The average molecular weight is 229 g/mol. The van der Waals surface area contributed by atoms with Crippen LogP contribution in [0.25, 0.3) is 10.9 Å². The number of benzene rings is 1. The van der Waals surface area contributed by atoms with E-state index in [2.05, 4.69) is 24.0 Å². The standard InChI is InChI=1S/C15H19NO/c1-4-14(17)11(3)15-10(2)9-12-7-5-6-8-13(12)16-15/h5-9,11,14,17H,4H2,1-3H3. The van der Waals surface area contributed by atoms with Gasteiger partial charge in [0.25, 0.3) is 0 Å². The lowest BCUT2D eigenvalue weighted by molar-refractivity contribution is 0.143. The van der Waals surface area contributed by atoms with Gasteiger partial charge in [-0.3, -0.25) is 4.98 Å². The predicted molar refractivity (Wildman–Crippen MR) is 71.2 cm³/mol. The fourth-order valence-electron chi connectivity index (χ4n) is 2.23. The highest BCUT2D eigenvalue weighted by Gasteiger charge is 2.18. The van der Waals surface area contributed by atoms with Gasteiger partial charge in [-0.15, -0.1) is 0 Å². The van der Waals surface area contributed by atoms with Crippen molar-refractivity contribution in [2.75, 3.05) is 0 Å². The Morgan fingerprint density at radius 1 is 1.29 bits per heavy atom. The molecule has 0 spiro atoms. The Balaban J connectivity index is 2.50. The molecule has 0 radical (unpaired) electrons. The highest BCUT2D eigenvalue weighted by Crippen LogP contribution is 2.25. The summed E-state index contributed by atoms with van der Waals surface area (Å²) >= 11 is 0. The van der Waals surface area contributed by atoms with Gasteiger partial charge in [-0.2, -0.15) is 0 Å². The molecule has 1 N–H and O–H groups in total. The fraction of sp³-hybridized carbons (Fsp3) is 0.400. The van der Waals surface area contributed by atoms with E-state index in [1.807, 2.05) is 32.0 Å². The first kappa shape index (κ1) is 12.1. The van der Waals surface area contributed by atoms with Crippen LogP contribution < -0.4 is 0 Å². The number of aliphatic hydroxyl groups excluding tert-OH is 1. The van der Waals surface area contributed by atoms with Crippen LogP contribution in [-0.4, -0.2) is 16.2 Å². The van der Waals surface area contributed by atoms with Crippen LogP contribution in [0, 0.1) is 6.92 Å². The summed E-state index contributed by atoms with van der Waals surface area (Å²) in [7, 11) is 0.